The van der Waals surface area contributed by atoms with Crippen LogP contribution >= 0.6 is 15.9 Å². The maximum atomic E-state index is 5.71. The van der Waals surface area contributed by atoms with Gasteiger partial charge in [0, 0.05) is 24.1 Å². The Labute approximate surface area is 106 Å². The van der Waals surface area contributed by atoms with Crippen molar-refractivity contribution in [2.45, 2.75) is 24.8 Å². The summed E-state index contributed by atoms with van der Waals surface area (Å²) in [5, 5.41) is 0.919. The van der Waals surface area contributed by atoms with Crippen LogP contribution in [0.3, 0.4) is 0 Å². The molecule has 0 saturated carbocycles. The minimum atomic E-state index is -0.0354. The molecule has 1 saturated heterocycles. The first-order chi connectivity index (χ1) is 7.61. The number of anilines is 1. The average molecular weight is 284 g/mol. The number of rotatable bonds is 2. The first-order valence-corrected chi connectivity index (χ1v) is 6.77. The lowest BCUT2D eigenvalue weighted by Gasteiger charge is -2.39. The van der Waals surface area contributed by atoms with Crippen LogP contribution in [0.2, 0.25) is 0 Å². The van der Waals surface area contributed by atoms with Gasteiger partial charge in [0.15, 0.2) is 0 Å². The van der Waals surface area contributed by atoms with Crippen LogP contribution < -0.4 is 4.90 Å². The fourth-order valence-electron chi connectivity index (χ4n) is 2.03. The smallest absolute Gasteiger partial charge is 0.0801 e. The highest BCUT2D eigenvalue weighted by Crippen LogP contribution is 2.23. The maximum Gasteiger partial charge on any atom is 0.0801 e. The summed E-state index contributed by atoms with van der Waals surface area (Å²) in [5.41, 5.74) is 2.57. The zero-order valence-electron chi connectivity index (χ0n) is 9.87. The second-order valence-electron chi connectivity index (χ2n) is 4.83. The third-order valence-electron chi connectivity index (χ3n) is 2.88. The van der Waals surface area contributed by atoms with E-state index in [9.17, 15) is 0 Å². The quantitative estimate of drug-likeness (QED) is 0.773. The number of hydrogen-bond acceptors (Lipinski definition) is 2. The van der Waals surface area contributed by atoms with Crippen molar-refractivity contribution in [2.24, 2.45) is 0 Å². The third-order valence-corrected chi connectivity index (χ3v) is 3.53. The van der Waals surface area contributed by atoms with Crippen molar-refractivity contribution >= 4 is 21.6 Å². The molecule has 1 fully saturated rings. The summed E-state index contributed by atoms with van der Waals surface area (Å²) >= 11 is 3.46. The van der Waals surface area contributed by atoms with E-state index >= 15 is 0 Å². The van der Waals surface area contributed by atoms with Crippen LogP contribution in [0.5, 0.6) is 0 Å². The highest BCUT2D eigenvalue weighted by Gasteiger charge is 2.27. The Balaban J connectivity index is 2.11. The monoisotopic (exact) mass is 283 g/mol. The Bertz CT molecular complexity index is 347. The van der Waals surface area contributed by atoms with E-state index in [1.165, 1.54) is 11.3 Å². The normalized spacial score (nSPS) is 19.8. The molecule has 0 radical (unpaired) electrons. The molecule has 0 aromatic heterocycles. The van der Waals surface area contributed by atoms with E-state index in [0.717, 1.165) is 25.0 Å². The largest absolute Gasteiger partial charge is 0.372 e. The van der Waals surface area contributed by atoms with Gasteiger partial charge < -0.3 is 9.64 Å². The van der Waals surface area contributed by atoms with Crippen LogP contribution in [0.4, 0.5) is 5.69 Å². The van der Waals surface area contributed by atoms with Gasteiger partial charge >= 0.3 is 0 Å². The molecule has 0 N–H and O–H groups in total. The van der Waals surface area contributed by atoms with Crippen molar-refractivity contribution in [1.29, 1.82) is 0 Å². The molecule has 0 atom stereocenters. The van der Waals surface area contributed by atoms with Gasteiger partial charge in [0.1, 0.15) is 0 Å². The zero-order chi connectivity index (χ0) is 11.6. The molecular weight excluding hydrogens is 266 g/mol. The van der Waals surface area contributed by atoms with Gasteiger partial charge in [0.25, 0.3) is 0 Å². The molecule has 0 aliphatic carbocycles. The van der Waals surface area contributed by atoms with Crippen molar-refractivity contribution in [3.05, 3.63) is 29.8 Å². The summed E-state index contributed by atoms with van der Waals surface area (Å²) in [6.07, 6.45) is 0. The fraction of sp³-hybridized carbons (Fsp3) is 0.538. The number of nitrogens with zero attached hydrogens (tertiary/aromatic N) is 1. The molecule has 2 rings (SSSR count). The van der Waals surface area contributed by atoms with Crippen LogP contribution in [0.25, 0.3) is 0 Å². The van der Waals surface area contributed by atoms with Crippen molar-refractivity contribution < 1.29 is 4.74 Å². The van der Waals surface area contributed by atoms with Gasteiger partial charge in [-0.3, -0.25) is 0 Å². The van der Waals surface area contributed by atoms with E-state index < -0.39 is 0 Å². The third kappa shape index (κ3) is 2.77. The first-order valence-electron chi connectivity index (χ1n) is 5.64. The summed E-state index contributed by atoms with van der Waals surface area (Å²) in [7, 11) is 0. The predicted molar refractivity (Wildman–Crippen MR) is 71.3 cm³/mol. The molecular formula is C13H18BrNO. The standard InChI is InChI=1S/C13H18BrNO/c1-13(2)10-15(7-8-16-13)12-5-3-11(9-14)4-6-12/h3-6H,7-10H2,1-2H3. The van der Waals surface area contributed by atoms with E-state index in [1.54, 1.807) is 0 Å². The number of hydrogen-bond donors (Lipinski definition) is 0. The van der Waals surface area contributed by atoms with Gasteiger partial charge in [-0.15, -0.1) is 0 Å². The Hall–Kier alpha value is -0.540. The highest BCUT2D eigenvalue weighted by atomic mass is 79.9. The van der Waals surface area contributed by atoms with Crippen LogP contribution in [-0.4, -0.2) is 25.3 Å². The maximum absolute atomic E-state index is 5.71. The van der Waals surface area contributed by atoms with Gasteiger partial charge in [-0.25, -0.2) is 0 Å². The topological polar surface area (TPSA) is 12.5 Å². The Morgan fingerprint density at radius 2 is 2.00 bits per heavy atom. The van der Waals surface area contributed by atoms with E-state index in [1.807, 2.05) is 0 Å². The number of ether oxygens (including phenoxy) is 1. The molecule has 88 valence electrons. The van der Waals surface area contributed by atoms with Crippen molar-refractivity contribution in [1.82, 2.24) is 0 Å². The average Bonchev–Trinajstić information content (AvgIpc) is 2.28. The molecule has 1 heterocycles. The second-order valence-corrected chi connectivity index (χ2v) is 5.39. The van der Waals surface area contributed by atoms with Crippen LogP contribution in [0, 0.1) is 0 Å². The SMILES string of the molecule is CC1(C)CN(c2ccc(CBr)cc2)CCO1. The molecule has 0 amide bonds. The molecule has 1 aromatic rings. The van der Waals surface area contributed by atoms with Gasteiger partial charge in [-0.05, 0) is 31.5 Å². The van der Waals surface area contributed by atoms with Crippen molar-refractivity contribution in [2.75, 3.05) is 24.6 Å². The minimum absolute atomic E-state index is 0.0354. The van der Waals surface area contributed by atoms with E-state index in [-0.39, 0.29) is 5.60 Å². The lowest BCUT2D eigenvalue weighted by molar-refractivity contribution is -0.0276. The molecule has 16 heavy (non-hydrogen) atoms. The van der Waals surface area contributed by atoms with Gasteiger partial charge in [0.05, 0.1) is 12.2 Å². The summed E-state index contributed by atoms with van der Waals surface area (Å²) in [5.74, 6) is 0. The summed E-state index contributed by atoms with van der Waals surface area (Å²) in [6.45, 7) is 7.04. The molecule has 0 spiro atoms. The van der Waals surface area contributed by atoms with Crippen LogP contribution in [-0.2, 0) is 10.1 Å². The summed E-state index contributed by atoms with van der Waals surface area (Å²) < 4.78 is 5.71. The van der Waals surface area contributed by atoms with Crippen molar-refractivity contribution in [3.63, 3.8) is 0 Å². The number of benzene rings is 1. The molecule has 0 unspecified atom stereocenters. The molecule has 0 bridgehead atoms. The zero-order valence-corrected chi connectivity index (χ0v) is 11.5. The number of alkyl halides is 1. The summed E-state index contributed by atoms with van der Waals surface area (Å²) in [6, 6.07) is 8.73. The molecule has 2 nitrogen and oxygen atoms in total. The molecule has 1 aliphatic rings. The van der Waals surface area contributed by atoms with Crippen LogP contribution in [0.15, 0.2) is 24.3 Å². The van der Waals surface area contributed by atoms with Gasteiger partial charge in [-0.1, -0.05) is 28.1 Å². The number of halogens is 1. The van der Waals surface area contributed by atoms with Crippen LogP contribution in [0.1, 0.15) is 19.4 Å². The predicted octanol–water partition coefficient (Wildman–Crippen LogP) is 3.20. The number of morpholine rings is 1. The Kier molecular flexibility index (Phi) is 3.55. The van der Waals surface area contributed by atoms with Gasteiger partial charge in [-0.2, -0.15) is 0 Å². The van der Waals surface area contributed by atoms with E-state index in [4.69, 9.17) is 4.74 Å². The second kappa shape index (κ2) is 4.76. The molecule has 1 aliphatic heterocycles. The minimum Gasteiger partial charge on any atom is -0.372 e. The summed E-state index contributed by atoms with van der Waals surface area (Å²) in [4.78, 5) is 2.39. The highest BCUT2D eigenvalue weighted by molar-refractivity contribution is 9.08. The first kappa shape index (κ1) is 11.9. The Morgan fingerprint density at radius 1 is 1.31 bits per heavy atom. The van der Waals surface area contributed by atoms with E-state index in [0.29, 0.717) is 0 Å². The fourth-order valence-corrected chi connectivity index (χ4v) is 2.41. The lowest BCUT2D eigenvalue weighted by atomic mass is 10.1. The Morgan fingerprint density at radius 3 is 2.56 bits per heavy atom. The lowest BCUT2D eigenvalue weighted by Crippen LogP contribution is -2.48. The molecule has 3 heteroatoms. The van der Waals surface area contributed by atoms with Crippen molar-refractivity contribution in [3.8, 4) is 0 Å². The van der Waals surface area contributed by atoms with Gasteiger partial charge in [0.2, 0.25) is 0 Å². The molecule has 1 aromatic carbocycles. The van der Waals surface area contributed by atoms with E-state index in [2.05, 4.69) is 58.9 Å².